The lowest BCUT2D eigenvalue weighted by molar-refractivity contribution is -0.117. The summed E-state index contributed by atoms with van der Waals surface area (Å²) >= 11 is 0. The molecule has 30 heavy (non-hydrogen) atoms. The van der Waals surface area contributed by atoms with E-state index < -0.39 is 11.2 Å². The first-order valence-corrected chi connectivity index (χ1v) is 9.71. The minimum Gasteiger partial charge on any atom is -0.383 e. The molecule has 0 aliphatic carbocycles. The van der Waals surface area contributed by atoms with E-state index in [1.165, 1.54) is 20.5 Å². The Balaban J connectivity index is 1.86. The van der Waals surface area contributed by atoms with E-state index in [1.807, 2.05) is 6.92 Å². The van der Waals surface area contributed by atoms with E-state index in [-0.39, 0.29) is 30.4 Å². The maximum absolute atomic E-state index is 13.0. The molecule has 0 radical (unpaired) electrons. The number of likely N-dealkylation sites (N-methyl/N-ethyl adjacent to an activating group) is 1. The van der Waals surface area contributed by atoms with Crippen LogP contribution in [-0.4, -0.2) is 42.2 Å². The van der Waals surface area contributed by atoms with Crippen molar-refractivity contribution in [1.82, 2.24) is 29.8 Å². The lowest BCUT2D eigenvalue weighted by Crippen LogP contribution is -2.41. The number of carbonyl (C=O) groups excluding carboxylic acids is 1. The first-order chi connectivity index (χ1) is 14.5. The van der Waals surface area contributed by atoms with Crippen molar-refractivity contribution < 1.29 is 4.79 Å². The van der Waals surface area contributed by atoms with Gasteiger partial charge in [0.25, 0.3) is 5.56 Å². The van der Waals surface area contributed by atoms with E-state index >= 15 is 0 Å². The Kier molecular flexibility index (Phi) is 6.40. The Morgan fingerprint density at radius 3 is 2.53 bits per heavy atom. The normalized spacial score (nSPS) is 10.9. The molecule has 0 aliphatic heterocycles. The number of aromatic amines is 1. The number of aromatic nitrogens is 6. The summed E-state index contributed by atoms with van der Waals surface area (Å²) in [6.45, 7) is 4.34. The predicted octanol–water partition coefficient (Wildman–Crippen LogP) is 0.490. The molecule has 11 heteroatoms. The molecular weight excluding hydrogens is 388 g/mol. The number of hydrogen-bond acceptors (Lipinski definition) is 7. The van der Waals surface area contributed by atoms with E-state index in [4.69, 9.17) is 5.73 Å². The van der Waals surface area contributed by atoms with Crippen molar-refractivity contribution in [3.63, 3.8) is 0 Å². The second-order valence-corrected chi connectivity index (χ2v) is 6.73. The van der Waals surface area contributed by atoms with Crippen LogP contribution in [0.2, 0.25) is 0 Å². The number of nitrogen functional groups attached to an aromatic ring is 1. The van der Waals surface area contributed by atoms with E-state index in [2.05, 4.69) is 20.5 Å². The largest absolute Gasteiger partial charge is 0.383 e. The molecule has 0 saturated heterocycles. The third-order valence-corrected chi connectivity index (χ3v) is 4.74. The number of hydrogen-bond donors (Lipinski definition) is 2. The summed E-state index contributed by atoms with van der Waals surface area (Å²) in [4.78, 5) is 41.1. The number of rotatable bonds is 8. The first-order valence-electron chi connectivity index (χ1n) is 9.71. The number of carbonyl (C=O) groups is 1. The number of nitrogens with zero attached hydrogens (tertiary/aromatic N) is 6. The van der Waals surface area contributed by atoms with Gasteiger partial charge in [0.05, 0.1) is 12.1 Å². The fourth-order valence-electron chi connectivity index (χ4n) is 3.15. The fourth-order valence-corrected chi connectivity index (χ4v) is 3.15. The highest BCUT2D eigenvalue weighted by Gasteiger charge is 2.23. The molecule has 1 amide bonds. The minimum atomic E-state index is -0.672. The summed E-state index contributed by atoms with van der Waals surface area (Å²) in [5.74, 6) is -0.299. The summed E-state index contributed by atoms with van der Waals surface area (Å²) in [5, 5.41) is 11.0. The average Bonchev–Trinajstić information content (AvgIpc) is 3.26. The van der Waals surface area contributed by atoms with Gasteiger partial charge in [-0.1, -0.05) is 25.5 Å². The third-order valence-electron chi connectivity index (χ3n) is 4.74. The van der Waals surface area contributed by atoms with Gasteiger partial charge in [-0.15, -0.1) is 5.10 Å². The van der Waals surface area contributed by atoms with Crippen molar-refractivity contribution in [2.45, 2.75) is 39.7 Å². The van der Waals surface area contributed by atoms with Crippen LogP contribution in [0.4, 0.5) is 11.5 Å². The van der Waals surface area contributed by atoms with Crippen molar-refractivity contribution in [1.29, 1.82) is 0 Å². The number of tetrazole rings is 1. The Labute approximate surface area is 172 Å². The highest BCUT2D eigenvalue weighted by Crippen LogP contribution is 2.19. The number of nitrogens with one attached hydrogen (secondary N) is 1. The first kappa shape index (κ1) is 21.0. The van der Waals surface area contributed by atoms with Crippen LogP contribution in [0.15, 0.2) is 40.2 Å². The lowest BCUT2D eigenvalue weighted by Gasteiger charge is -2.23. The molecule has 0 unspecified atom stereocenters. The summed E-state index contributed by atoms with van der Waals surface area (Å²) < 4.78 is 2.81. The van der Waals surface area contributed by atoms with E-state index in [0.29, 0.717) is 6.54 Å². The fraction of sp³-hybridized carbons (Fsp3) is 0.368. The van der Waals surface area contributed by atoms with Crippen molar-refractivity contribution in [3.05, 3.63) is 57.0 Å². The highest BCUT2D eigenvalue weighted by molar-refractivity contribution is 5.96. The van der Waals surface area contributed by atoms with Gasteiger partial charge in [0, 0.05) is 13.1 Å². The molecule has 3 N–H and O–H groups in total. The summed E-state index contributed by atoms with van der Waals surface area (Å²) in [6.07, 6.45) is 3.12. The van der Waals surface area contributed by atoms with Gasteiger partial charge in [-0.2, -0.15) is 0 Å². The number of benzene rings is 1. The molecule has 0 atom stereocenters. The zero-order valence-electron chi connectivity index (χ0n) is 16.9. The zero-order valence-corrected chi connectivity index (χ0v) is 16.9. The minimum absolute atomic E-state index is 0.00132. The Morgan fingerprint density at radius 2 is 1.93 bits per heavy atom. The van der Waals surface area contributed by atoms with Crippen LogP contribution in [0, 0.1) is 0 Å². The number of amides is 1. The van der Waals surface area contributed by atoms with Gasteiger partial charge in [0.1, 0.15) is 12.1 Å². The van der Waals surface area contributed by atoms with Gasteiger partial charge in [0.15, 0.2) is 5.69 Å². The Bertz CT molecular complexity index is 1120. The van der Waals surface area contributed by atoms with E-state index in [9.17, 15) is 14.4 Å². The number of nitrogens with two attached hydrogens (primary N) is 1. The summed E-state index contributed by atoms with van der Waals surface area (Å²) in [6, 6.07) is 7.17. The quantitative estimate of drug-likeness (QED) is 0.548. The summed E-state index contributed by atoms with van der Waals surface area (Å²) in [5.41, 5.74) is 6.40. The Hall–Kier alpha value is -3.76. The molecule has 2 heterocycles. The molecule has 158 valence electrons. The monoisotopic (exact) mass is 412 g/mol. The van der Waals surface area contributed by atoms with Crippen molar-refractivity contribution >= 4 is 17.4 Å². The van der Waals surface area contributed by atoms with Crippen LogP contribution in [-0.2, 0) is 17.8 Å². The number of H-pyrrole nitrogens is 1. The van der Waals surface area contributed by atoms with Gasteiger partial charge in [-0.3, -0.25) is 19.1 Å². The molecule has 3 rings (SSSR count). The SMILES string of the molecule is CCCCn1c(N)c(N(CC)C(=O)Cc2ccc(-n3cnnn3)cc2)c(=O)[nH]c1=O. The van der Waals surface area contributed by atoms with Crippen LogP contribution in [0.3, 0.4) is 0 Å². The molecule has 0 saturated carbocycles. The molecule has 11 nitrogen and oxygen atoms in total. The van der Waals surface area contributed by atoms with Crippen LogP contribution in [0.5, 0.6) is 0 Å². The van der Waals surface area contributed by atoms with Crippen molar-refractivity contribution in [2.24, 2.45) is 0 Å². The lowest BCUT2D eigenvalue weighted by atomic mass is 10.1. The smallest absolute Gasteiger partial charge is 0.330 e. The predicted molar refractivity (Wildman–Crippen MR) is 112 cm³/mol. The number of anilines is 2. The molecule has 3 aromatic rings. The standard InChI is InChI=1S/C19H24N8O3/c1-3-5-10-26-17(20)16(18(29)22-19(26)30)25(4-2)15(28)11-13-6-8-14(9-7-13)27-12-21-23-24-27/h6-9,12H,3-5,10-11,20H2,1-2H3,(H,22,29,30). The van der Waals surface area contributed by atoms with Crippen molar-refractivity contribution in [2.75, 3.05) is 17.2 Å². The van der Waals surface area contributed by atoms with Gasteiger partial charge < -0.3 is 10.6 Å². The Morgan fingerprint density at radius 1 is 1.20 bits per heavy atom. The van der Waals surface area contributed by atoms with Crippen molar-refractivity contribution in [3.8, 4) is 5.69 Å². The van der Waals surface area contributed by atoms with E-state index in [1.54, 1.807) is 31.2 Å². The number of unbranched alkanes of at least 4 members (excludes halogenated alkanes) is 1. The molecular formula is C19H24N8O3. The maximum atomic E-state index is 13.0. The second-order valence-electron chi connectivity index (χ2n) is 6.73. The molecule has 1 aromatic carbocycles. The van der Waals surface area contributed by atoms with Gasteiger partial charge in [-0.25, -0.2) is 9.48 Å². The highest BCUT2D eigenvalue weighted by atomic mass is 16.2. The van der Waals surface area contributed by atoms with Gasteiger partial charge >= 0.3 is 5.69 Å². The maximum Gasteiger partial charge on any atom is 0.330 e. The average molecular weight is 412 g/mol. The van der Waals surface area contributed by atoms with Gasteiger partial charge in [0.2, 0.25) is 5.91 Å². The van der Waals surface area contributed by atoms with Crippen LogP contribution in [0.1, 0.15) is 32.3 Å². The topological polar surface area (TPSA) is 145 Å². The molecule has 0 bridgehead atoms. The van der Waals surface area contributed by atoms with Crippen LogP contribution >= 0.6 is 0 Å². The molecule has 2 aromatic heterocycles. The van der Waals surface area contributed by atoms with Crippen LogP contribution in [0.25, 0.3) is 5.69 Å². The summed E-state index contributed by atoms with van der Waals surface area (Å²) in [7, 11) is 0. The zero-order chi connectivity index (χ0) is 21.7. The van der Waals surface area contributed by atoms with Crippen LogP contribution < -0.4 is 21.9 Å². The molecule has 0 aliphatic rings. The second kappa shape index (κ2) is 9.16. The van der Waals surface area contributed by atoms with Gasteiger partial charge in [-0.05, 0) is 41.5 Å². The molecule has 0 fully saturated rings. The third kappa shape index (κ3) is 4.29. The van der Waals surface area contributed by atoms with E-state index in [0.717, 1.165) is 24.1 Å². The molecule has 0 spiro atoms.